The number of carbonyl (C=O) groups is 5. The predicted molar refractivity (Wildman–Crippen MR) is 169 cm³/mol. The van der Waals surface area contributed by atoms with E-state index in [2.05, 4.69) is 25.9 Å². The van der Waals surface area contributed by atoms with Crippen LogP contribution >= 0.6 is 0 Å². The highest BCUT2D eigenvalue weighted by atomic mass is 16.4. The summed E-state index contributed by atoms with van der Waals surface area (Å²) in [7, 11) is 0. The minimum absolute atomic E-state index is 0.0247. The highest BCUT2D eigenvalue weighted by molar-refractivity contribution is 5.96. The third-order valence-corrected chi connectivity index (χ3v) is 8.00. The van der Waals surface area contributed by atoms with Gasteiger partial charge in [0.1, 0.15) is 18.1 Å². The zero-order valence-corrected chi connectivity index (χ0v) is 25.1. The maximum absolute atomic E-state index is 13.9. The molecule has 13 nitrogen and oxygen atoms in total. The number of hydrogen-bond acceptors (Lipinski definition) is 6. The fourth-order valence-electron chi connectivity index (χ4n) is 5.26. The molecule has 4 rings (SSSR count). The van der Waals surface area contributed by atoms with Gasteiger partial charge in [-0.3, -0.25) is 19.2 Å². The number of rotatable bonds is 15. The van der Waals surface area contributed by atoms with E-state index in [0.717, 1.165) is 32.9 Å². The summed E-state index contributed by atoms with van der Waals surface area (Å²) in [6.45, 7) is 3.54. The Balaban J connectivity index is 1.65. The lowest BCUT2D eigenvalue weighted by Crippen LogP contribution is -2.58. The van der Waals surface area contributed by atoms with Crippen LogP contribution in [0.1, 0.15) is 37.8 Å². The SMILES string of the molecule is CCC(C)C(NC(=O)C(Cc1c[nH]c2ccccc12)NC(=O)C(Cc1c[nH]c2ccccc12)NC(=O)C(N)CC(N)=O)C(=O)O. The normalized spacial score (nSPS) is 14.6. The molecule has 0 spiro atoms. The lowest BCUT2D eigenvalue weighted by molar-refractivity contribution is -0.143. The van der Waals surface area contributed by atoms with Crippen LogP contribution in [-0.4, -0.2) is 68.8 Å². The molecule has 2 heterocycles. The molecular weight excluding hydrogens is 578 g/mol. The quantitative estimate of drug-likeness (QED) is 0.0972. The first-order chi connectivity index (χ1) is 21.5. The Morgan fingerprint density at radius 2 is 1.24 bits per heavy atom. The van der Waals surface area contributed by atoms with Gasteiger partial charge in [-0.1, -0.05) is 56.7 Å². The summed E-state index contributed by atoms with van der Waals surface area (Å²) in [6, 6.07) is 9.99. The molecule has 0 radical (unpaired) electrons. The number of hydrogen-bond donors (Lipinski definition) is 8. The lowest BCUT2D eigenvalue weighted by atomic mass is 9.97. The second-order valence-electron chi connectivity index (χ2n) is 11.2. The summed E-state index contributed by atoms with van der Waals surface area (Å²) in [5.41, 5.74) is 14.2. The summed E-state index contributed by atoms with van der Waals surface area (Å²) < 4.78 is 0. The lowest BCUT2D eigenvalue weighted by Gasteiger charge is -2.26. The molecule has 4 aromatic rings. The van der Waals surface area contributed by atoms with Crippen molar-refractivity contribution >= 4 is 51.4 Å². The van der Waals surface area contributed by atoms with Gasteiger partial charge in [0.15, 0.2) is 0 Å². The van der Waals surface area contributed by atoms with Crippen LogP contribution in [0.25, 0.3) is 21.8 Å². The third-order valence-electron chi connectivity index (χ3n) is 8.00. The number of primary amides is 1. The Morgan fingerprint density at radius 3 is 1.71 bits per heavy atom. The Morgan fingerprint density at radius 1 is 0.778 bits per heavy atom. The number of carboxylic acids is 1. The zero-order chi connectivity index (χ0) is 32.7. The maximum Gasteiger partial charge on any atom is 0.326 e. The highest BCUT2D eigenvalue weighted by Crippen LogP contribution is 2.21. The van der Waals surface area contributed by atoms with E-state index in [1.807, 2.05) is 55.5 Å². The monoisotopic (exact) mass is 617 g/mol. The molecular formula is C32H39N7O6. The van der Waals surface area contributed by atoms with Crippen LogP contribution in [0.3, 0.4) is 0 Å². The number of nitrogens with two attached hydrogens (primary N) is 2. The summed E-state index contributed by atoms with van der Waals surface area (Å²) in [5.74, 6) is -4.51. The fourth-order valence-corrected chi connectivity index (χ4v) is 5.26. The van der Waals surface area contributed by atoms with E-state index in [1.54, 1.807) is 19.3 Å². The number of nitrogens with one attached hydrogen (secondary N) is 5. The highest BCUT2D eigenvalue weighted by Gasteiger charge is 2.33. The van der Waals surface area contributed by atoms with Gasteiger partial charge in [-0.25, -0.2) is 4.79 Å². The van der Waals surface area contributed by atoms with Gasteiger partial charge in [-0.2, -0.15) is 0 Å². The second-order valence-corrected chi connectivity index (χ2v) is 11.2. The van der Waals surface area contributed by atoms with Crippen LogP contribution < -0.4 is 27.4 Å². The van der Waals surface area contributed by atoms with E-state index >= 15 is 0 Å². The van der Waals surface area contributed by atoms with Crippen LogP contribution in [0.15, 0.2) is 60.9 Å². The molecule has 0 fully saturated rings. The first kappa shape index (κ1) is 32.7. The van der Waals surface area contributed by atoms with Crippen molar-refractivity contribution in [2.24, 2.45) is 17.4 Å². The zero-order valence-electron chi connectivity index (χ0n) is 25.1. The predicted octanol–water partition coefficient (Wildman–Crippen LogP) is 1.22. The molecule has 238 valence electrons. The van der Waals surface area contributed by atoms with Crippen LogP contribution in [0.4, 0.5) is 0 Å². The number of carbonyl (C=O) groups excluding carboxylic acids is 4. The summed E-state index contributed by atoms with van der Waals surface area (Å²) in [5, 5.41) is 19.4. The van der Waals surface area contributed by atoms with Gasteiger partial charge in [0.05, 0.1) is 12.5 Å². The Bertz CT molecular complexity index is 1700. The van der Waals surface area contributed by atoms with Gasteiger partial charge < -0.3 is 42.5 Å². The van der Waals surface area contributed by atoms with Crippen molar-refractivity contribution in [3.63, 3.8) is 0 Å². The molecule has 0 aliphatic carbocycles. The number of carboxylic acid groups (broad SMARTS) is 1. The standard InChI is InChI=1S/C32H39N7O6/c1-3-17(2)28(32(44)45)39-31(43)26(13-19-16-36-24-11-7-5-9-21(19)24)38-30(42)25(37-29(41)22(33)14-27(34)40)12-18-15-35-23-10-6-4-8-20(18)23/h4-11,15-17,22,25-26,28,35-36H,3,12-14,33H2,1-2H3,(H2,34,40)(H,37,41)(H,38,42)(H,39,43)(H,44,45). The Labute approximate surface area is 259 Å². The minimum Gasteiger partial charge on any atom is -0.480 e. The number of amides is 4. The molecule has 2 aromatic carbocycles. The molecule has 45 heavy (non-hydrogen) atoms. The summed E-state index contributed by atoms with van der Waals surface area (Å²) in [6.07, 6.45) is 3.58. The van der Waals surface area contributed by atoms with E-state index in [4.69, 9.17) is 11.5 Å². The molecule has 0 aliphatic rings. The third kappa shape index (κ3) is 8.06. The van der Waals surface area contributed by atoms with Gasteiger partial charge in [0.2, 0.25) is 23.6 Å². The summed E-state index contributed by atoms with van der Waals surface area (Å²) >= 11 is 0. The molecule has 5 unspecified atom stereocenters. The molecule has 0 saturated carbocycles. The Hall–Kier alpha value is -5.17. The van der Waals surface area contributed by atoms with Gasteiger partial charge in [0.25, 0.3) is 0 Å². The van der Waals surface area contributed by atoms with E-state index < -0.39 is 60.2 Å². The molecule has 2 aromatic heterocycles. The van der Waals surface area contributed by atoms with E-state index in [9.17, 15) is 29.1 Å². The van der Waals surface area contributed by atoms with Crippen LogP contribution in [0.5, 0.6) is 0 Å². The van der Waals surface area contributed by atoms with Crippen molar-refractivity contribution in [1.29, 1.82) is 0 Å². The first-order valence-corrected chi connectivity index (χ1v) is 14.8. The van der Waals surface area contributed by atoms with Crippen LogP contribution in [-0.2, 0) is 36.8 Å². The maximum atomic E-state index is 13.9. The van der Waals surface area contributed by atoms with Crippen molar-refractivity contribution < 1.29 is 29.1 Å². The fraction of sp³-hybridized carbons (Fsp3) is 0.344. The van der Waals surface area contributed by atoms with Crippen molar-refractivity contribution in [2.45, 2.75) is 63.7 Å². The summed E-state index contributed by atoms with van der Waals surface area (Å²) in [4.78, 5) is 70.3. The average Bonchev–Trinajstić information content (AvgIpc) is 3.62. The van der Waals surface area contributed by atoms with E-state index in [0.29, 0.717) is 6.42 Å². The molecule has 0 aliphatic heterocycles. The van der Waals surface area contributed by atoms with Crippen LogP contribution in [0, 0.1) is 5.92 Å². The molecule has 0 saturated heterocycles. The number of aliphatic carboxylic acids is 1. The number of fused-ring (bicyclic) bond motifs is 2. The van der Waals surface area contributed by atoms with Crippen molar-refractivity contribution in [3.05, 3.63) is 72.1 Å². The van der Waals surface area contributed by atoms with Gasteiger partial charge in [-0.15, -0.1) is 0 Å². The van der Waals surface area contributed by atoms with Gasteiger partial charge in [-0.05, 0) is 29.2 Å². The number of para-hydroxylation sites is 2. The largest absolute Gasteiger partial charge is 0.480 e. The minimum atomic E-state index is -1.29. The smallest absolute Gasteiger partial charge is 0.326 e. The van der Waals surface area contributed by atoms with E-state index in [-0.39, 0.29) is 18.8 Å². The van der Waals surface area contributed by atoms with Gasteiger partial charge >= 0.3 is 5.97 Å². The Kier molecular flexibility index (Phi) is 10.6. The van der Waals surface area contributed by atoms with E-state index in [1.165, 1.54) is 0 Å². The number of aromatic amines is 2. The second kappa shape index (κ2) is 14.5. The molecule has 13 heteroatoms. The first-order valence-electron chi connectivity index (χ1n) is 14.8. The number of benzene rings is 2. The molecule has 10 N–H and O–H groups in total. The van der Waals surface area contributed by atoms with Crippen LogP contribution in [0.2, 0.25) is 0 Å². The molecule has 5 atom stereocenters. The number of aromatic nitrogens is 2. The average molecular weight is 618 g/mol. The van der Waals surface area contributed by atoms with Gasteiger partial charge in [0, 0.05) is 47.0 Å². The number of H-pyrrole nitrogens is 2. The van der Waals surface area contributed by atoms with Crippen molar-refractivity contribution in [1.82, 2.24) is 25.9 Å². The van der Waals surface area contributed by atoms with Crippen molar-refractivity contribution in [3.8, 4) is 0 Å². The topological polar surface area (TPSA) is 225 Å². The molecule has 4 amide bonds. The molecule has 0 bridgehead atoms. The van der Waals surface area contributed by atoms with Crippen molar-refractivity contribution in [2.75, 3.05) is 0 Å².